The average Bonchev–Trinajstić information content (AvgIpc) is 2.18. The van der Waals surface area contributed by atoms with Crippen molar-refractivity contribution in [1.29, 1.82) is 0 Å². The predicted molar refractivity (Wildman–Crippen MR) is 51.2 cm³/mol. The van der Waals surface area contributed by atoms with Gasteiger partial charge in [-0.3, -0.25) is 14.5 Å². The van der Waals surface area contributed by atoms with Gasteiger partial charge in [-0.15, -0.1) is 0 Å². The molecule has 0 aliphatic carbocycles. The summed E-state index contributed by atoms with van der Waals surface area (Å²) in [5.41, 5.74) is 0. The van der Waals surface area contributed by atoms with Gasteiger partial charge in [-0.25, -0.2) is 0 Å². The fraction of sp³-hybridized carbons (Fsp3) is 0.889. The monoisotopic (exact) mass is 205 g/mol. The van der Waals surface area contributed by atoms with Gasteiger partial charge in [0.1, 0.15) is 0 Å². The van der Waals surface area contributed by atoms with Gasteiger partial charge >= 0.3 is 5.97 Å². The first-order chi connectivity index (χ1) is 6.71. The quantitative estimate of drug-likeness (QED) is 0.461. The van der Waals surface area contributed by atoms with Crippen LogP contribution >= 0.6 is 0 Å². The van der Waals surface area contributed by atoms with E-state index in [0.717, 1.165) is 11.6 Å². The molecule has 0 aromatic heterocycles. The summed E-state index contributed by atoms with van der Waals surface area (Å²) in [4.78, 5) is 21.3. The second-order valence-electron chi connectivity index (χ2n) is 2.71. The Kier molecular flexibility index (Phi) is 7.37. The van der Waals surface area contributed by atoms with E-state index in [-0.39, 0.29) is 5.97 Å². The summed E-state index contributed by atoms with van der Waals surface area (Å²) < 4.78 is 4.90. The molecule has 0 radical (unpaired) electrons. The normalized spacial score (nSPS) is 12.9. The van der Waals surface area contributed by atoms with Crippen LogP contribution in [0.2, 0.25) is 0 Å². The first-order valence-corrected chi connectivity index (χ1v) is 4.75. The largest absolute Gasteiger partial charge is 0.465 e. The smallest absolute Gasteiger partial charge is 0.328 e. The number of ether oxygens (including phenoxy) is 1. The number of hydrogen-bond acceptors (Lipinski definition) is 5. The van der Waals surface area contributed by atoms with E-state index in [1.807, 2.05) is 6.92 Å². The molecule has 0 spiro atoms. The van der Waals surface area contributed by atoms with Crippen molar-refractivity contribution < 1.29 is 19.2 Å². The molecule has 5 nitrogen and oxygen atoms in total. The van der Waals surface area contributed by atoms with Crippen LogP contribution in [0.1, 0.15) is 26.7 Å². The molecule has 0 rings (SSSR count). The topological polar surface area (TPSA) is 48.0 Å². The Morgan fingerprint density at radius 1 is 1.29 bits per heavy atom. The molecule has 0 aliphatic heterocycles. The number of nitrogens with zero attached hydrogens (tertiary/aromatic N) is 1. The summed E-state index contributed by atoms with van der Waals surface area (Å²) in [5, 5.41) is 1.15. The number of rotatable bonds is 7. The Bertz CT molecular complexity index is 159. The first-order valence-electron chi connectivity index (χ1n) is 4.75. The standard InChI is InChI=1S/C9H19NO4/c1-5-7-8(9(11)14-6-2)10(12-3)13-4/h8H,5-7H2,1-4H3. The maximum Gasteiger partial charge on any atom is 0.328 e. The maximum atomic E-state index is 11.5. The van der Waals surface area contributed by atoms with Crippen LogP contribution in [0.5, 0.6) is 0 Å². The fourth-order valence-electron chi connectivity index (χ4n) is 1.15. The highest BCUT2D eigenvalue weighted by Crippen LogP contribution is 2.09. The predicted octanol–water partition coefficient (Wildman–Crippen LogP) is 1.14. The zero-order valence-corrected chi connectivity index (χ0v) is 9.28. The van der Waals surface area contributed by atoms with Crippen molar-refractivity contribution in [3.05, 3.63) is 0 Å². The van der Waals surface area contributed by atoms with Crippen molar-refractivity contribution in [2.75, 3.05) is 20.8 Å². The molecular weight excluding hydrogens is 186 g/mol. The summed E-state index contributed by atoms with van der Waals surface area (Å²) >= 11 is 0. The molecule has 0 saturated heterocycles. The van der Waals surface area contributed by atoms with Gasteiger partial charge in [-0.1, -0.05) is 18.6 Å². The van der Waals surface area contributed by atoms with Crippen LogP contribution in [-0.4, -0.2) is 38.1 Å². The molecular formula is C9H19NO4. The summed E-state index contributed by atoms with van der Waals surface area (Å²) in [6, 6.07) is -0.491. The van der Waals surface area contributed by atoms with Gasteiger partial charge < -0.3 is 4.74 Å². The Hall–Kier alpha value is -0.650. The van der Waals surface area contributed by atoms with Gasteiger partial charge in [0.2, 0.25) is 0 Å². The van der Waals surface area contributed by atoms with Crippen molar-refractivity contribution in [2.45, 2.75) is 32.7 Å². The molecule has 84 valence electrons. The highest BCUT2D eigenvalue weighted by Gasteiger charge is 2.27. The number of carbonyl (C=O) groups excluding carboxylic acids is 1. The molecule has 0 aromatic carbocycles. The van der Waals surface area contributed by atoms with E-state index in [0.29, 0.717) is 13.0 Å². The molecule has 0 aromatic rings. The van der Waals surface area contributed by atoms with Crippen molar-refractivity contribution >= 4 is 5.97 Å². The summed E-state index contributed by atoms with van der Waals surface area (Å²) in [6.07, 6.45) is 1.49. The third-order valence-corrected chi connectivity index (χ3v) is 1.74. The fourth-order valence-corrected chi connectivity index (χ4v) is 1.15. The van der Waals surface area contributed by atoms with E-state index in [1.54, 1.807) is 6.92 Å². The molecule has 0 saturated carbocycles. The SMILES string of the molecule is CCCC(C(=O)OCC)N(OC)OC. The van der Waals surface area contributed by atoms with Gasteiger partial charge in [0, 0.05) is 0 Å². The molecule has 1 unspecified atom stereocenters. The van der Waals surface area contributed by atoms with Crippen molar-refractivity contribution in [3.63, 3.8) is 0 Å². The molecule has 1 atom stereocenters. The number of esters is 1. The van der Waals surface area contributed by atoms with Crippen LogP contribution in [0, 0.1) is 0 Å². The zero-order valence-electron chi connectivity index (χ0n) is 9.28. The first kappa shape index (κ1) is 13.4. The molecule has 5 heteroatoms. The van der Waals surface area contributed by atoms with Gasteiger partial charge in [-0.05, 0) is 13.3 Å². The van der Waals surface area contributed by atoms with Crippen LogP contribution in [-0.2, 0) is 19.2 Å². The van der Waals surface area contributed by atoms with E-state index in [2.05, 4.69) is 0 Å². The number of carbonyl (C=O) groups is 1. The third kappa shape index (κ3) is 4.04. The number of hydrogen-bond donors (Lipinski definition) is 0. The van der Waals surface area contributed by atoms with Crippen LogP contribution in [0.15, 0.2) is 0 Å². The van der Waals surface area contributed by atoms with E-state index in [1.165, 1.54) is 14.2 Å². The van der Waals surface area contributed by atoms with Crippen LogP contribution < -0.4 is 0 Å². The van der Waals surface area contributed by atoms with Crippen molar-refractivity contribution in [2.24, 2.45) is 0 Å². The van der Waals surface area contributed by atoms with E-state index in [9.17, 15) is 4.79 Å². The number of hydroxylamine groups is 2. The van der Waals surface area contributed by atoms with Gasteiger partial charge in [0.05, 0.1) is 20.8 Å². The van der Waals surface area contributed by atoms with Crippen LogP contribution in [0.25, 0.3) is 0 Å². The minimum Gasteiger partial charge on any atom is -0.465 e. The lowest BCUT2D eigenvalue weighted by molar-refractivity contribution is -0.360. The second-order valence-corrected chi connectivity index (χ2v) is 2.71. The van der Waals surface area contributed by atoms with Crippen LogP contribution in [0.3, 0.4) is 0 Å². The highest BCUT2D eigenvalue weighted by molar-refractivity contribution is 5.75. The minimum atomic E-state index is -0.491. The Morgan fingerprint density at radius 3 is 2.21 bits per heavy atom. The van der Waals surface area contributed by atoms with Crippen LogP contribution in [0.4, 0.5) is 0 Å². The molecule has 0 N–H and O–H groups in total. The minimum absolute atomic E-state index is 0.321. The van der Waals surface area contributed by atoms with E-state index >= 15 is 0 Å². The molecule has 0 fully saturated rings. The van der Waals surface area contributed by atoms with Gasteiger partial charge in [0.15, 0.2) is 6.04 Å². The Morgan fingerprint density at radius 2 is 1.86 bits per heavy atom. The summed E-state index contributed by atoms with van der Waals surface area (Å²) in [5.74, 6) is -0.321. The van der Waals surface area contributed by atoms with Crippen molar-refractivity contribution in [3.8, 4) is 0 Å². The van der Waals surface area contributed by atoms with Gasteiger partial charge in [0.25, 0.3) is 0 Å². The van der Waals surface area contributed by atoms with Gasteiger partial charge in [-0.2, -0.15) is 0 Å². The van der Waals surface area contributed by atoms with E-state index < -0.39 is 6.04 Å². The lowest BCUT2D eigenvalue weighted by Crippen LogP contribution is -2.40. The lowest BCUT2D eigenvalue weighted by atomic mass is 10.2. The third-order valence-electron chi connectivity index (χ3n) is 1.74. The molecule has 0 aliphatic rings. The Labute approximate surface area is 84.8 Å². The molecule has 0 heterocycles. The highest BCUT2D eigenvalue weighted by atomic mass is 16.9. The molecule has 0 amide bonds. The zero-order chi connectivity index (χ0) is 11.0. The van der Waals surface area contributed by atoms with E-state index in [4.69, 9.17) is 14.4 Å². The molecule has 0 bridgehead atoms. The summed E-state index contributed by atoms with van der Waals surface area (Å²) in [6.45, 7) is 4.11. The average molecular weight is 205 g/mol. The lowest BCUT2D eigenvalue weighted by Gasteiger charge is -2.24. The Balaban J connectivity index is 4.31. The maximum absolute atomic E-state index is 11.5. The molecule has 14 heavy (non-hydrogen) atoms. The summed E-state index contributed by atoms with van der Waals surface area (Å²) in [7, 11) is 2.90. The second kappa shape index (κ2) is 7.73. The van der Waals surface area contributed by atoms with Crippen molar-refractivity contribution in [1.82, 2.24) is 5.23 Å².